The van der Waals surface area contributed by atoms with Gasteiger partial charge >= 0.3 is 0 Å². The van der Waals surface area contributed by atoms with Crippen LogP contribution in [0.25, 0.3) is 26.7 Å². The number of hydrogen-bond donors (Lipinski definition) is 2. The molecule has 3 nitrogen and oxygen atoms in total. The van der Waals surface area contributed by atoms with E-state index >= 15 is 0 Å². The summed E-state index contributed by atoms with van der Waals surface area (Å²) in [5, 5.41) is 2.39. The quantitative estimate of drug-likeness (QED) is 0.194. The van der Waals surface area contributed by atoms with Gasteiger partial charge in [-0.25, -0.2) is 4.85 Å². The van der Waals surface area contributed by atoms with Crippen LogP contribution in [-0.4, -0.2) is 0 Å². The van der Waals surface area contributed by atoms with E-state index in [0.717, 1.165) is 55.9 Å². The minimum Gasteiger partial charge on any atom is -0.398 e. The van der Waals surface area contributed by atoms with Gasteiger partial charge in [-0.3, -0.25) is 0 Å². The molecule has 3 heteroatoms. The van der Waals surface area contributed by atoms with E-state index in [4.69, 9.17) is 18.0 Å². The van der Waals surface area contributed by atoms with Gasteiger partial charge in [-0.2, -0.15) is 0 Å². The van der Waals surface area contributed by atoms with Crippen LogP contribution < -0.4 is 11.5 Å². The number of rotatable bonds is 2. The molecule has 4 N–H and O–H groups in total. The Morgan fingerprint density at radius 1 is 0.595 bits per heavy atom. The Bertz CT molecular complexity index is 1700. The number of benzene rings is 5. The molecule has 1 aliphatic carbocycles. The van der Waals surface area contributed by atoms with Crippen molar-refractivity contribution in [3.63, 3.8) is 0 Å². The molecule has 0 bridgehead atoms. The summed E-state index contributed by atoms with van der Waals surface area (Å²) in [5.74, 6) is 0. The third kappa shape index (κ3) is 3.12. The lowest BCUT2D eigenvalue weighted by atomic mass is 9.66. The highest BCUT2D eigenvalue weighted by Crippen LogP contribution is 2.58. The standard InChI is InChI=1S/C34H29N3/c1-19-12-25(13-20(2)32(19)35)34(26-14-21(3)33(36)22(4)15-26)30-17-24-9-7-6-8-23(24)16-29(30)28-11-10-27(37-5)18-31(28)34/h6-18H,35-36H2,1-4H3. The fourth-order valence-corrected chi connectivity index (χ4v) is 6.24. The molecule has 0 amide bonds. The minimum absolute atomic E-state index is 0.623. The predicted octanol–water partition coefficient (Wildman–Crippen LogP) is 8.15. The molecular formula is C34H29N3. The van der Waals surface area contributed by atoms with Crippen LogP contribution >= 0.6 is 0 Å². The summed E-state index contributed by atoms with van der Waals surface area (Å²) in [6, 6.07) is 28.2. The maximum Gasteiger partial charge on any atom is 0.187 e. The zero-order chi connectivity index (χ0) is 26.1. The average molecular weight is 480 g/mol. The number of anilines is 2. The van der Waals surface area contributed by atoms with E-state index in [1.165, 1.54) is 21.9 Å². The van der Waals surface area contributed by atoms with E-state index in [0.29, 0.717) is 5.69 Å². The SMILES string of the molecule is [C-]#[N+]c1ccc2c(c1)C(c1cc(C)c(N)c(C)c1)(c1cc(C)c(N)c(C)c1)c1cc3ccccc3cc1-2. The Morgan fingerprint density at radius 2 is 1.08 bits per heavy atom. The van der Waals surface area contributed by atoms with E-state index in [9.17, 15) is 0 Å². The molecule has 1 aliphatic rings. The second kappa shape index (κ2) is 7.98. The molecule has 0 radical (unpaired) electrons. The van der Waals surface area contributed by atoms with Crippen molar-refractivity contribution in [2.75, 3.05) is 11.5 Å². The molecule has 0 aromatic heterocycles. The van der Waals surface area contributed by atoms with Crippen LogP contribution in [0.3, 0.4) is 0 Å². The molecule has 6 rings (SSSR count). The topological polar surface area (TPSA) is 56.4 Å². The summed E-state index contributed by atoms with van der Waals surface area (Å²) >= 11 is 0. The van der Waals surface area contributed by atoms with Crippen LogP contribution in [0.2, 0.25) is 0 Å². The van der Waals surface area contributed by atoms with E-state index in [1.807, 2.05) is 6.07 Å². The van der Waals surface area contributed by atoms with Crippen molar-refractivity contribution in [1.29, 1.82) is 0 Å². The molecule has 5 aromatic rings. The fourth-order valence-electron chi connectivity index (χ4n) is 6.24. The molecule has 0 unspecified atom stereocenters. The van der Waals surface area contributed by atoms with Crippen LogP contribution in [0.1, 0.15) is 44.5 Å². The van der Waals surface area contributed by atoms with E-state index in [-0.39, 0.29) is 0 Å². The summed E-state index contributed by atoms with van der Waals surface area (Å²) in [4.78, 5) is 3.83. The van der Waals surface area contributed by atoms with Crippen LogP contribution in [0.15, 0.2) is 78.9 Å². The first-order valence-corrected chi connectivity index (χ1v) is 12.6. The summed E-state index contributed by atoms with van der Waals surface area (Å²) in [5.41, 5.74) is 25.8. The fraction of sp³-hybridized carbons (Fsp3) is 0.147. The molecule has 0 fully saturated rings. The van der Waals surface area contributed by atoms with E-state index in [1.54, 1.807) is 0 Å². The first kappa shape index (κ1) is 22.9. The van der Waals surface area contributed by atoms with Gasteiger partial charge in [0.2, 0.25) is 0 Å². The third-order valence-electron chi connectivity index (χ3n) is 8.17. The minimum atomic E-state index is -0.623. The highest BCUT2D eigenvalue weighted by Gasteiger charge is 2.47. The molecule has 37 heavy (non-hydrogen) atoms. The van der Waals surface area contributed by atoms with Crippen LogP contribution in [0.5, 0.6) is 0 Å². The van der Waals surface area contributed by atoms with Crippen molar-refractivity contribution < 1.29 is 0 Å². The zero-order valence-electron chi connectivity index (χ0n) is 21.6. The molecule has 0 aliphatic heterocycles. The van der Waals surface area contributed by atoms with Gasteiger partial charge in [-0.1, -0.05) is 66.7 Å². The maximum atomic E-state index is 7.81. The highest BCUT2D eigenvalue weighted by atomic mass is 14.6. The second-order valence-corrected chi connectivity index (χ2v) is 10.4. The first-order chi connectivity index (χ1) is 17.7. The van der Waals surface area contributed by atoms with Gasteiger partial charge in [0.1, 0.15) is 0 Å². The summed E-state index contributed by atoms with van der Waals surface area (Å²) in [6.45, 7) is 16.1. The van der Waals surface area contributed by atoms with Gasteiger partial charge in [0, 0.05) is 11.4 Å². The van der Waals surface area contributed by atoms with Crippen molar-refractivity contribution >= 4 is 27.8 Å². The Hall–Kier alpha value is -4.55. The average Bonchev–Trinajstić information content (AvgIpc) is 3.17. The molecule has 5 aromatic carbocycles. The van der Waals surface area contributed by atoms with E-state index < -0.39 is 5.41 Å². The second-order valence-electron chi connectivity index (χ2n) is 10.4. The summed E-state index contributed by atoms with van der Waals surface area (Å²) < 4.78 is 0. The molecule has 0 heterocycles. The van der Waals surface area contributed by atoms with Gasteiger partial charge in [0.25, 0.3) is 0 Å². The normalized spacial score (nSPS) is 13.3. The largest absolute Gasteiger partial charge is 0.398 e. The van der Waals surface area contributed by atoms with Gasteiger partial charge in [0.15, 0.2) is 5.69 Å². The predicted molar refractivity (Wildman–Crippen MR) is 155 cm³/mol. The van der Waals surface area contributed by atoms with Gasteiger partial charge < -0.3 is 11.5 Å². The molecule has 0 saturated heterocycles. The summed E-state index contributed by atoms with van der Waals surface area (Å²) in [7, 11) is 0. The van der Waals surface area contributed by atoms with Crippen molar-refractivity contribution in [2.24, 2.45) is 0 Å². The van der Waals surface area contributed by atoms with Crippen molar-refractivity contribution in [2.45, 2.75) is 33.1 Å². The molecule has 0 spiro atoms. The van der Waals surface area contributed by atoms with E-state index in [2.05, 4.69) is 105 Å². The highest BCUT2D eigenvalue weighted by molar-refractivity contribution is 5.96. The van der Waals surface area contributed by atoms with Crippen molar-refractivity contribution in [3.8, 4) is 11.1 Å². The lowest BCUT2D eigenvalue weighted by Crippen LogP contribution is -2.29. The number of aryl methyl sites for hydroxylation is 4. The van der Waals surface area contributed by atoms with Crippen molar-refractivity contribution in [3.05, 3.63) is 135 Å². The number of nitrogens with zero attached hydrogens (tertiary/aromatic N) is 1. The monoisotopic (exact) mass is 479 g/mol. The first-order valence-electron chi connectivity index (χ1n) is 12.6. The summed E-state index contributed by atoms with van der Waals surface area (Å²) in [6.07, 6.45) is 0. The maximum absolute atomic E-state index is 7.81. The third-order valence-corrected chi connectivity index (χ3v) is 8.17. The lowest BCUT2D eigenvalue weighted by Gasteiger charge is -2.35. The molecular weight excluding hydrogens is 450 g/mol. The lowest BCUT2D eigenvalue weighted by molar-refractivity contribution is 0.766. The molecule has 180 valence electrons. The molecule has 0 atom stereocenters. The van der Waals surface area contributed by atoms with Gasteiger partial charge in [-0.05, 0) is 106 Å². The van der Waals surface area contributed by atoms with Gasteiger partial charge in [0.05, 0.1) is 12.0 Å². The smallest absolute Gasteiger partial charge is 0.187 e. The number of fused-ring (bicyclic) bond motifs is 4. The Balaban J connectivity index is 1.87. The Kier molecular flexibility index (Phi) is 4.94. The van der Waals surface area contributed by atoms with Crippen molar-refractivity contribution in [1.82, 2.24) is 0 Å². The Labute approximate surface area is 218 Å². The number of nitrogen functional groups attached to an aromatic ring is 2. The Morgan fingerprint density at radius 3 is 1.59 bits per heavy atom. The van der Waals surface area contributed by atoms with Crippen LogP contribution in [-0.2, 0) is 5.41 Å². The molecule has 0 saturated carbocycles. The number of hydrogen-bond acceptors (Lipinski definition) is 2. The van der Waals surface area contributed by atoms with Crippen LogP contribution in [0, 0.1) is 34.3 Å². The zero-order valence-corrected chi connectivity index (χ0v) is 21.6. The van der Waals surface area contributed by atoms with Crippen LogP contribution in [0.4, 0.5) is 17.1 Å². The number of nitrogens with two attached hydrogens (primary N) is 2. The van der Waals surface area contributed by atoms with Gasteiger partial charge in [-0.15, -0.1) is 0 Å².